The summed E-state index contributed by atoms with van der Waals surface area (Å²) in [6.45, 7) is 22.5. The number of aromatic amines is 1. The zero-order valence-corrected chi connectivity index (χ0v) is 76.1. The van der Waals surface area contributed by atoms with Gasteiger partial charge < -0.3 is 42.9 Å². The second-order valence-electron chi connectivity index (χ2n) is 40.0. The summed E-state index contributed by atoms with van der Waals surface area (Å²) in [5.74, 6) is 5.94. The molecular weight excluding hydrogens is 1640 g/mol. The van der Waals surface area contributed by atoms with Gasteiger partial charge in [-0.05, 0) is 188 Å². The molecule has 6 saturated carbocycles. The van der Waals surface area contributed by atoms with Crippen molar-refractivity contribution in [1.82, 2.24) is 59.8 Å². The van der Waals surface area contributed by atoms with Crippen molar-refractivity contribution < 1.29 is 42.7 Å². The van der Waals surface area contributed by atoms with Crippen LogP contribution in [0.4, 0.5) is 0 Å². The average Bonchev–Trinajstić information content (AvgIpc) is 1.43. The van der Waals surface area contributed by atoms with Gasteiger partial charge in [0.05, 0.1) is 84.5 Å². The monoisotopic (exact) mass is 1750 g/mol. The van der Waals surface area contributed by atoms with Crippen LogP contribution in [0, 0.1) is 47.3 Å². The Morgan fingerprint density at radius 3 is 1.09 bits per heavy atom. The van der Waals surface area contributed by atoms with E-state index >= 15 is 0 Å². The number of hydrogen-bond acceptors (Lipinski definition) is 21. The molecule has 22 nitrogen and oxygen atoms in total. The van der Waals surface area contributed by atoms with E-state index in [0.717, 1.165) is 234 Å². The minimum absolute atomic E-state index is 0.0122. The van der Waals surface area contributed by atoms with Gasteiger partial charge in [-0.25, -0.2) is 24.9 Å². The van der Waals surface area contributed by atoms with Gasteiger partial charge in [-0.15, -0.1) is 0 Å². The van der Waals surface area contributed by atoms with E-state index in [1.807, 2.05) is 116 Å². The lowest BCUT2D eigenvalue weighted by molar-refractivity contribution is -0.235. The Balaban J connectivity index is 0.000000101. The summed E-state index contributed by atoms with van der Waals surface area (Å²) in [5.41, 5.74) is 15.9. The molecule has 25 rings (SSSR count). The van der Waals surface area contributed by atoms with Crippen LogP contribution in [0.15, 0.2) is 151 Å². The highest BCUT2D eigenvalue weighted by atomic mass is 35.5. The standard InChI is InChI=1S/C29H33N3O3.C27H29N3O2.C25H26ClN3O2.C25H27N3O3/c1-18-23-11-10-22-25(28(23,2)13-14-29(18)33-16-17-34-29)31-26(32-27(22)35-19-6-5-7-19)21-12-15-30-24-9-4-3-8-20(21)24;1-16-21-11-10-20-24(27(21,2)14-12-23(16)31)29-25(30-26(20)32-17-6-5-7-17)19-13-15-28-22-9-4-3-8-18(19)22;1-15-19-8-7-18-21(24(19,2)10-11-25(15)30-13-14-31-25)28-23(29-22(18)26)17-9-12-27-20-6-4-3-5-16(17)20;1-15-19-8-7-18-21(24(19,2)10-11-25(15)30-13-14-31-25)27-22(28-23(18)29)17-9-12-26-20-6-4-3-5-16(17)20/h3-4,8-9,12,15,18-19,23H,5-7,10-11,13-14,16-17H2,1-2H3;3-4,8-9,13,15-17,21H,5-7,10-12,14H2,1-2H3;3-6,9,12,15,19H,7-8,10-11,13-14H2,1-2H3;3-6,9,12,15,19H,7-8,10-11,13-14H2,1-2H3,(H,27,28,29)/t18-,23-,28-;16-,21-,27-;2*15-,19-,24-/m1111/s1. The van der Waals surface area contributed by atoms with Gasteiger partial charge in [-0.3, -0.25) is 29.5 Å². The molecule has 9 fully saturated rings. The van der Waals surface area contributed by atoms with Gasteiger partial charge in [-0.1, -0.05) is 140 Å². The molecule has 10 aliphatic carbocycles. The molecule has 3 spiro atoms. The summed E-state index contributed by atoms with van der Waals surface area (Å²) in [4.78, 5) is 82.6. The molecule has 11 heterocycles. The van der Waals surface area contributed by atoms with Crippen molar-refractivity contribution >= 4 is 61.0 Å². The number of benzene rings is 4. The quantitative estimate of drug-likeness (QED) is 0.139. The minimum Gasteiger partial charge on any atom is -0.474 e. The Labute approximate surface area is 757 Å². The lowest BCUT2D eigenvalue weighted by Gasteiger charge is -2.54. The maximum absolute atomic E-state index is 13.2. The molecule has 1 N–H and O–H groups in total. The van der Waals surface area contributed by atoms with E-state index in [1.165, 1.54) is 29.7 Å². The van der Waals surface area contributed by atoms with E-state index in [0.29, 0.717) is 110 Å². The van der Waals surface area contributed by atoms with Crippen LogP contribution >= 0.6 is 11.6 Å². The summed E-state index contributed by atoms with van der Waals surface area (Å²) in [7, 11) is 0. The van der Waals surface area contributed by atoms with Crippen LogP contribution < -0.4 is 15.0 Å². The van der Waals surface area contributed by atoms with Crippen LogP contribution in [0.25, 0.3) is 89.2 Å². The van der Waals surface area contributed by atoms with E-state index in [-0.39, 0.29) is 51.3 Å². The van der Waals surface area contributed by atoms with Crippen LogP contribution in [-0.4, -0.2) is 135 Å². The number of H-pyrrole nitrogens is 1. The summed E-state index contributed by atoms with van der Waals surface area (Å²) < 4.78 is 50.0. The van der Waals surface area contributed by atoms with Crippen molar-refractivity contribution in [3.05, 3.63) is 207 Å². The number of pyridine rings is 4. The van der Waals surface area contributed by atoms with Crippen molar-refractivity contribution in [2.75, 3.05) is 39.6 Å². The number of ether oxygens (including phenoxy) is 8. The first-order valence-electron chi connectivity index (χ1n) is 47.7. The molecule has 12 atom stereocenters. The zero-order chi connectivity index (χ0) is 87.9. The summed E-state index contributed by atoms with van der Waals surface area (Å²) in [6.07, 6.45) is 29.2. The Kier molecular flexibility index (Phi) is 21.6. The van der Waals surface area contributed by atoms with Crippen molar-refractivity contribution in [1.29, 1.82) is 0 Å². The average molecular weight is 1750 g/mol. The van der Waals surface area contributed by atoms with E-state index in [9.17, 15) is 9.59 Å². The van der Waals surface area contributed by atoms with E-state index in [2.05, 4.69) is 105 Å². The Morgan fingerprint density at radius 2 is 0.690 bits per heavy atom. The first kappa shape index (κ1) is 84.5. The predicted molar refractivity (Wildman–Crippen MR) is 495 cm³/mol. The van der Waals surface area contributed by atoms with Crippen molar-refractivity contribution in [3.8, 4) is 57.3 Å². The lowest BCUT2D eigenvalue weighted by Crippen LogP contribution is -2.56. The van der Waals surface area contributed by atoms with Crippen LogP contribution in [-0.2, 0) is 80.6 Å². The van der Waals surface area contributed by atoms with Crippen LogP contribution in [0.2, 0.25) is 5.15 Å². The second kappa shape index (κ2) is 33.1. The van der Waals surface area contributed by atoms with Gasteiger partial charge in [-0.2, -0.15) is 9.97 Å². The highest BCUT2D eigenvalue weighted by Gasteiger charge is 2.62. The summed E-state index contributed by atoms with van der Waals surface area (Å²) in [5, 5.41) is 4.75. The molecule has 8 aromatic heterocycles. The third-order valence-electron chi connectivity index (χ3n) is 33.6. The zero-order valence-electron chi connectivity index (χ0n) is 75.3. The SMILES string of the molecule is C[C@@H]1[C@H]2CCc3c(Cl)nc(-c4ccnc5ccccc45)nc3[C@]2(C)CCC12OCCO2.C[C@@H]1[C@H]2CCc3c(OC4CCC4)nc(-c4ccnc5ccccc45)nc3[C@]2(C)CCC12OCCO2.C[C@@H]1[C@H]2CCc3c(nc(-c4ccnc5ccccc45)[nH]c3=O)[C@]2(C)CCC12OCCO2.C[C@H]1C(=O)CC[C@@]2(C)c3nc(-c4ccnc5ccccc45)nc(OC4CCC4)c3CC[C@H]12. The lowest BCUT2D eigenvalue weighted by atomic mass is 9.55. The third-order valence-corrected chi connectivity index (χ3v) is 33.9. The molecule has 3 aliphatic heterocycles. The topological polar surface area (TPSA) is 266 Å². The number of para-hydroxylation sites is 4. The number of nitrogens with zero attached hydrogens (tertiary/aromatic N) is 11. The minimum atomic E-state index is -0.465. The molecule has 4 aromatic carbocycles. The van der Waals surface area contributed by atoms with E-state index in [4.69, 9.17) is 84.4 Å². The fourth-order valence-corrected chi connectivity index (χ4v) is 26.1. The molecule has 0 unspecified atom stereocenters. The fourth-order valence-electron chi connectivity index (χ4n) is 25.8. The number of halogens is 1. The predicted octanol–water partition coefficient (Wildman–Crippen LogP) is 20.4. The number of aromatic nitrogens is 12. The van der Waals surface area contributed by atoms with Crippen LogP contribution in [0.1, 0.15) is 216 Å². The Morgan fingerprint density at radius 1 is 0.357 bits per heavy atom. The number of rotatable bonds is 8. The van der Waals surface area contributed by atoms with Gasteiger partial charge in [0.25, 0.3) is 5.56 Å². The number of carbonyl (C=O) groups is 1. The number of ketones is 1. The Bertz CT molecular complexity index is 6420. The molecule has 666 valence electrons. The smallest absolute Gasteiger partial charge is 0.254 e. The largest absolute Gasteiger partial charge is 0.474 e. The number of nitrogens with one attached hydrogen (secondary N) is 1. The summed E-state index contributed by atoms with van der Waals surface area (Å²) >= 11 is 6.78. The van der Waals surface area contributed by atoms with Crippen LogP contribution in [0.3, 0.4) is 0 Å². The van der Waals surface area contributed by atoms with Crippen molar-refractivity contribution in [2.45, 2.75) is 248 Å². The van der Waals surface area contributed by atoms with Crippen molar-refractivity contribution in [3.63, 3.8) is 0 Å². The Hall–Kier alpha value is -10.0. The van der Waals surface area contributed by atoms with Gasteiger partial charge in [0, 0.05) is 162 Å². The van der Waals surface area contributed by atoms with Gasteiger partial charge in [0.2, 0.25) is 11.8 Å². The van der Waals surface area contributed by atoms with E-state index < -0.39 is 17.4 Å². The fraction of sp³-hybridized carbons (Fsp3) is 0.500. The maximum atomic E-state index is 13.2. The molecule has 12 aromatic rings. The molecular formula is C106H115ClN12O10. The molecule has 0 radical (unpaired) electrons. The van der Waals surface area contributed by atoms with Gasteiger partial charge in [0.1, 0.15) is 29.0 Å². The molecule has 23 heteroatoms. The maximum Gasteiger partial charge on any atom is 0.254 e. The summed E-state index contributed by atoms with van der Waals surface area (Å²) in [6, 6.07) is 40.4. The first-order chi connectivity index (χ1) is 62.7. The number of hydrogen-bond donors (Lipinski definition) is 1. The highest BCUT2D eigenvalue weighted by Crippen LogP contribution is 2.62. The normalized spacial score (nSPS) is 28.8. The van der Waals surface area contributed by atoms with Crippen molar-refractivity contribution in [2.24, 2.45) is 47.3 Å². The molecule has 0 amide bonds. The second-order valence-corrected chi connectivity index (χ2v) is 40.4. The molecule has 3 saturated heterocycles. The molecule has 0 bridgehead atoms. The highest BCUT2D eigenvalue weighted by molar-refractivity contribution is 6.30. The number of fused-ring (bicyclic) bond motifs is 16. The molecule has 129 heavy (non-hydrogen) atoms. The van der Waals surface area contributed by atoms with Crippen LogP contribution in [0.5, 0.6) is 11.8 Å². The molecule has 13 aliphatic rings. The third kappa shape index (κ3) is 14.2. The van der Waals surface area contributed by atoms with E-state index in [1.54, 1.807) is 6.20 Å². The van der Waals surface area contributed by atoms with Gasteiger partial charge in [0.15, 0.2) is 34.8 Å². The number of carbonyl (C=O) groups excluding carboxylic acids is 1. The van der Waals surface area contributed by atoms with Gasteiger partial charge >= 0.3 is 0 Å². The first-order valence-corrected chi connectivity index (χ1v) is 48.1. The number of Topliss-reactive ketones (excluding diaryl/α,β-unsaturated/α-hetero) is 1.